The zero-order valence-electron chi connectivity index (χ0n) is 13.2. The highest BCUT2D eigenvalue weighted by molar-refractivity contribution is 5.79. The van der Waals surface area contributed by atoms with Crippen molar-refractivity contribution in [3.05, 3.63) is 0 Å². The van der Waals surface area contributed by atoms with Crippen LogP contribution in [0, 0.1) is 11.3 Å². The molecule has 0 radical (unpaired) electrons. The minimum atomic E-state index is 0.446. The standard InChI is InChI=1S/C16H31N3O/c1-17-15(18-11-3-5-14-6-7-14)19-13-16(8-4-9-16)10-12-20-2/h14H,3-13H2,1-2H3,(H2,17,18,19). The number of ether oxygens (including phenoxy) is 1. The van der Waals surface area contributed by atoms with Gasteiger partial charge < -0.3 is 15.4 Å². The molecule has 2 aliphatic rings. The van der Waals surface area contributed by atoms with Gasteiger partial charge in [-0.1, -0.05) is 19.3 Å². The molecule has 0 spiro atoms. The average Bonchev–Trinajstić information content (AvgIpc) is 3.23. The van der Waals surface area contributed by atoms with Crippen LogP contribution in [0.3, 0.4) is 0 Å². The number of guanidine groups is 1. The van der Waals surface area contributed by atoms with E-state index in [9.17, 15) is 0 Å². The van der Waals surface area contributed by atoms with E-state index in [2.05, 4.69) is 15.6 Å². The molecule has 2 fully saturated rings. The van der Waals surface area contributed by atoms with Gasteiger partial charge >= 0.3 is 0 Å². The number of aliphatic imine (C=N–C) groups is 1. The highest BCUT2D eigenvalue weighted by Gasteiger charge is 2.36. The van der Waals surface area contributed by atoms with E-state index in [0.717, 1.165) is 38.0 Å². The zero-order chi connectivity index (χ0) is 14.3. The minimum Gasteiger partial charge on any atom is -0.385 e. The van der Waals surface area contributed by atoms with Gasteiger partial charge in [0.05, 0.1) is 0 Å². The highest BCUT2D eigenvalue weighted by atomic mass is 16.5. The Morgan fingerprint density at radius 2 is 2.10 bits per heavy atom. The monoisotopic (exact) mass is 281 g/mol. The number of rotatable bonds is 9. The Balaban J connectivity index is 1.61. The first-order chi connectivity index (χ1) is 9.78. The highest BCUT2D eigenvalue weighted by Crippen LogP contribution is 2.43. The van der Waals surface area contributed by atoms with Gasteiger partial charge in [0.1, 0.15) is 0 Å². The van der Waals surface area contributed by atoms with Crippen molar-refractivity contribution in [1.29, 1.82) is 0 Å². The first-order valence-corrected chi connectivity index (χ1v) is 8.21. The maximum absolute atomic E-state index is 5.24. The van der Waals surface area contributed by atoms with Crippen molar-refractivity contribution in [2.45, 2.75) is 51.4 Å². The molecule has 0 saturated heterocycles. The van der Waals surface area contributed by atoms with E-state index < -0.39 is 0 Å². The summed E-state index contributed by atoms with van der Waals surface area (Å²) in [5, 5.41) is 6.95. The van der Waals surface area contributed by atoms with Gasteiger partial charge in [0.25, 0.3) is 0 Å². The SMILES string of the molecule is CN=C(NCCCC1CC1)NCC1(CCOC)CCC1. The summed E-state index contributed by atoms with van der Waals surface area (Å²) < 4.78 is 5.24. The van der Waals surface area contributed by atoms with Crippen LogP contribution in [-0.2, 0) is 4.74 Å². The molecule has 2 aliphatic carbocycles. The predicted molar refractivity (Wildman–Crippen MR) is 84.1 cm³/mol. The van der Waals surface area contributed by atoms with E-state index in [1.807, 2.05) is 7.05 Å². The molecule has 2 saturated carbocycles. The van der Waals surface area contributed by atoms with E-state index in [-0.39, 0.29) is 0 Å². The van der Waals surface area contributed by atoms with Crippen molar-refractivity contribution in [3.63, 3.8) is 0 Å². The van der Waals surface area contributed by atoms with Crippen molar-refractivity contribution in [2.24, 2.45) is 16.3 Å². The van der Waals surface area contributed by atoms with Crippen LogP contribution in [-0.4, -0.2) is 39.8 Å². The predicted octanol–water partition coefficient (Wildman–Crippen LogP) is 2.55. The van der Waals surface area contributed by atoms with Crippen LogP contribution in [0.25, 0.3) is 0 Å². The van der Waals surface area contributed by atoms with Gasteiger partial charge in [0.15, 0.2) is 5.96 Å². The molecule has 0 aromatic rings. The summed E-state index contributed by atoms with van der Waals surface area (Å²) in [7, 11) is 3.65. The molecule has 0 bridgehead atoms. The maximum Gasteiger partial charge on any atom is 0.190 e. The summed E-state index contributed by atoms with van der Waals surface area (Å²) >= 11 is 0. The molecule has 116 valence electrons. The first kappa shape index (κ1) is 15.6. The lowest BCUT2D eigenvalue weighted by Crippen LogP contribution is -2.47. The first-order valence-electron chi connectivity index (χ1n) is 8.21. The van der Waals surface area contributed by atoms with Gasteiger partial charge in [0.2, 0.25) is 0 Å². The van der Waals surface area contributed by atoms with Crippen LogP contribution >= 0.6 is 0 Å². The summed E-state index contributed by atoms with van der Waals surface area (Å²) in [5.41, 5.74) is 0.446. The molecule has 0 amide bonds. The fraction of sp³-hybridized carbons (Fsp3) is 0.938. The van der Waals surface area contributed by atoms with Crippen molar-refractivity contribution in [3.8, 4) is 0 Å². The number of hydrogen-bond acceptors (Lipinski definition) is 2. The van der Waals surface area contributed by atoms with Gasteiger partial charge in [0, 0.05) is 33.9 Å². The van der Waals surface area contributed by atoms with E-state index in [1.54, 1.807) is 7.11 Å². The number of methoxy groups -OCH3 is 1. The van der Waals surface area contributed by atoms with Crippen LogP contribution in [0.4, 0.5) is 0 Å². The fourth-order valence-electron chi connectivity index (χ4n) is 3.01. The smallest absolute Gasteiger partial charge is 0.190 e. The van der Waals surface area contributed by atoms with Crippen LogP contribution in [0.5, 0.6) is 0 Å². The quantitative estimate of drug-likeness (QED) is 0.388. The molecular weight excluding hydrogens is 250 g/mol. The second kappa shape index (κ2) is 7.87. The van der Waals surface area contributed by atoms with Gasteiger partial charge in [-0.25, -0.2) is 0 Å². The molecule has 4 nitrogen and oxygen atoms in total. The summed E-state index contributed by atoms with van der Waals surface area (Å²) in [5.74, 6) is 1.99. The van der Waals surface area contributed by atoms with E-state index in [0.29, 0.717) is 5.41 Å². The summed E-state index contributed by atoms with van der Waals surface area (Å²) in [6, 6.07) is 0. The molecule has 2 N–H and O–H groups in total. The molecule has 0 aromatic carbocycles. The fourth-order valence-corrected chi connectivity index (χ4v) is 3.01. The van der Waals surface area contributed by atoms with Gasteiger partial charge in [-0.3, -0.25) is 4.99 Å². The third kappa shape index (κ3) is 4.97. The molecule has 0 heterocycles. The Hall–Kier alpha value is -0.770. The molecule has 0 aromatic heterocycles. The Morgan fingerprint density at radius 3 is 2.65 bits per heavy atom. The average molecular weight is 281 g/mol. The molecule has 0 aliphatic heterocycles. The Bertz CT molecular complexity index is 309. The van der Waals surface area contributed by atoms with Crippen LogP contribution in [0.1, 0.15) is 51.4 Å². The topological polar surface area (TPSA) is 45.7 Å². The largest absolute Gasteiger partial charge is 0.385 e. The second-order valence-electron chi connectivity index (χ2n) is 6.53. The van der Waals surface area contributed by atoms with Crippen molar-refractivity contribution >= 4 is 5.96 Å². The Morgan fingerprint density at radius 1 is 1.30 bits per heavy atom. The van der Waals surface area contributed by atoms with E-state index >= 15 is 0 Å². The van der Waals surface area contributed by atoms with Crippen molar-refractivity contribution in [2.75, 3.05) is 33.9 Å². The lowest BCUT2D eigenvalue weighted by Gasteiger charge is -2.42. The minimum absolute atomic E-state index is 0.446. The Labute approximate surface area is 123 Å². The molecule has 0 unspecified atom stereocenters. The van der Waals surface area contributed by atoms with Gasteiger partial charge in [-0.05, 0) is 43.4 Å². The normalized spacial score (nSPS) is 21.4. The number of nitrogens with one attached hydrogen (secondary N) is 2. The summed E-state index contributed by atoms with van der Waals surface area (Å²) in [4.78, 5) is 4.33. The number of nitrogens with zero attached hydrogens (tertiary/aromatic N) is 1. The second-order valence-corrected chi connectivity index (χ2v) is 6.53. The zero-order valence-corrected chi connectivity index (χ0v) is 13.2. The van der Waals surface area contributed by atoms with E-state index in [4.69, 9.17) is 4.74 Å². The lowest BCUT2D eigenvalue weighted by atomic mass is 9.67. The van der Waals surface area contributed by atoms with Crippen LogP contribution in [0.2, 0.25) is 0 Å². The van der Waals surface area contributed by atoms with Crippen molar-refractivity contribution < 1.29 is 4.74 Å². The lowest BCUT2D eigenvalue weighted by molar-refractivity contribution is 0.0732. The van der Waals surface area contributed by atoms with Crippen LogP contribution < -0.4 is 10.6 Å². The van der Waals surface area contributed by atoms with Gasteiger partial charge in [-0.15, -0.1) is 0 Å². The molecular formula is C16H31N3O. The molecule has 2 rings (SSSR count). The Kier molecular flexibility index (Phi) is 6.14. The van der Waals surface area contributed by atoms with Crippen LogP contribution in [0.15, 0.2) is 4.99 Å². The third-order valence-corrected chi connectivity index (χ3v) is 4.88. The molecule has 0 atom stereocenters. The third-order valence-electron chi connectivity index (χ3n) is 4.88. The number of hydrogen-bond donors (Lipinski definition) is 2. The molecule has 4 heteroatoms. The van der Waals surface area contributed by atoms with Gasteiger partial charge in [-0.2, -0.15) is 0 Å². The summed E-state index contributed by atoms with van der Waals surface area (Å²) in [6.07, 6.45) is 10.7. The molecule has 20 heavy (non-hydrogen) atoms. The summed E-state index contributed by atoms with van der Waals surface area (Å²) in [6.45, 7) is 2.94. The maximum atomic E-state index is 5.24. The van der Waals surface area contributed by atoms with E-state index in [1.165, 1.54) is 44.9 Å². The van der Waals surface area contributed by atoms with Crippen molar-refractivity contribution in [1.82, 2.24) is 10.6 Å².